The molecular weight excluding hydrogens is 322 g/mol. The van der Waals surface area contributed by atoms with Crippen molar-refractivity contribution < 1.29 is 19.4 Å². The SMILES string of the molecule is Cc1c(N2C(=O)[C@@H]3[C@H](C2=O)C2(C)OC3(C)C[C@H]2O)ccc2nccn12. The van der Waals surface area contributed by atoms with Crippen molar-refractivity contribution in [2.75, 3.05) is 4.90 Å². The smallest absolute Gasteiger partial charge is 0.240 e. The number of anilines is 1. The van der Waals surface area contributed by atoms with Gasteiger partial charge in [-0.05, 0) is 32.9 Å². The summed E-state index contributed by atoms with van der Waals surface area (Å²) in [6.07, 6.45) is 3.12. The second-order valence-electron chi connectivity index (χ2n) is 7.75. The number of fused-ring (bicyclic) bond motifs is 6. The van der Waals surface area contributed by atoms with E-state index in [0.717, 1.165) is 11.3 Å². The second-order valence-corrected chi connectivity index (χ2v) is 7.75. The number of aromatic nitrogens is 2. The van der Waals surface area contributed by atoms with E-state index < -0.39 is 29.1 Å². The normalized spacial score (nSPS) is 39.7. The predicted octanol–water partition coefficient (Wildman–Crippen LogP) is 1.06. The molecule has 2 unspecified atom stereocenters. The summed E-state index contributed by atoms with van der Waals surface area (Å²) in [6.45, 7) is 5.43. The number of ether oxygens (including phenoxy) is 1. The molecule has 2 aromatic heterocycles. The quantitative estimate of drug-likeness (QED) is 0.784. The molecule has 3 saturated heterocycles. The van der Waals surface area contributed by atoms with Gasteiger partial charge in [-0.25, -0.2) is 9.88 Å². The van der Waals surface area contributed by atoms with Crippen molar-refractivity contribution >= 4 is 23.1 Å². The van der Waals surface area contributed by atoms with E-state index >= 15 is 0 Å². The molecule has 2 amide bonds. The molecule has 3 fully saturated rings. The lowest BCUT2D eigenvalue weighted by Crippen LogP contribution is -2.49. The van der Waals surface area contributed by atoms with Gasteiger partial charge in [-0.15, -0.1) is 0 Å². The van der Waals surface area contributed by atoms with Gasteiger partial charge in [0.1, 0.15) is 11.2 Å². The number of carbonyl (C=O) groups excluding carboxylic acids is 2. The van der Waals surface area contributed by atoms with E-state index in [4.69, 9.17) is 4.74 Å². The lowest BCUT2D eigenvalue weighted by atomic mass is 9.67. The number of amides is 2. The highest BCUT2D eigenvalue weighted by Crippen LogP contribution is 2.61. The molecule has 0 saturated carbocycles. The second kappa shape index (κ2) is 4.28. The number of rotatable bonds is 1. The van der Waals surface area contributed by atoms with Crippen molar-refractivity contribution in [1.29, 1.82) is 0 Å². The van der Waals surface area contributed by atoms with Gasteiger partial charge < -0.3 is 14.2 Å². The molecule has 1 N–H and O–H groups in total. The summed E-state index contributed by atoms with van der Waals surface area (Å²) in [5, 5.41) is 10.4. The summed E-state index contributed by atoms with van der Waals surface area (Å²) < 4.78 is 7.86. The maximum Gasteiger partial charge on any atom is 0.240 e. The summed E-state index contributed by atoms with van der Waals surface area (Å²) in [5.41, 5.74) is 0.302. The number of aliphatic hydroxyl groups excluding tert-OH is 1. The van der Waals surface area contributed by atoms with Gasteiger partial charge in [0.25, 0.3) is 0 Å². The number of carbonyl (C=O) groups is 2. The molecular formula is C18H19N3O4. The first kappa shape index (κ1) is 15.0. The van der Waals surface area contributed by atoms with E-state index in [0.29, 0.717) is 12.1 Å². The molecule has 5 rings (SSSR count). The number of pyridine rings is 1. The van der Waals surface area contributed by atoms with Gasteiger partial charge in [-0.3, -0.25) is 9.59 Å². The zero-order chi connectivity index (χ0) is 17.7. The van der Waals surface area contributed by atoms with Crippen LogP contribution in [0.3, 0.4) is 0 Å². The third-order valence-electron chi connectivity index (χ3n) is 6.33. The molecule has 3 aliphatic heterocycles. The van der Waals surface area contributed by atoms with Gasteiger partial charge in [0, 0.05) is 24.5 Å². The molecule has 2 aromatic rings. The monoisotopic (exact) mass is 341 g/mol. The van der Waals surface area contributed by atoms with E-state index in [2.05, 4.69) is 4.98 Å². The summed E-state index contributed by atoms with van der Waals surface area (Å²) in [5.74, 6) is -1.73. The van der Waals surface area contributed by atoms with E-state index in [9.17, 15) is 14.7 Å². The van der Waals surface area contributed by atoms with Crippen LogP contribution in [0, 0.1) is 18.8 Å². The van der Waals surface area contributed by atoms with Crippen LogP contribution < -0.4 is 4.90 Å². The minimum absolute atomic E-state index is 0.240. The molecule has 130 valence electrons. The van der Waals surface area contributed by atoms with Gasteiger partial charge in [0.05, 0.1) is 29.2 Å². The van der Waals surface area contributed by atoms with Crippen LogP contribution >= 0.6 is 0 Å². The van der Waals surface area contributed by atoms with E-state index in [1.54, 1.807) is 31.5 Å². The van der Waals surface area contributed by atoms with Crippen LogP contribution in [0.25, 0.3) is 5.65 Å². The van der Waals surface area contributed by atoms with Crippen molar-refractivity contribution in [1.82, 2.24) is 9.38 Å². The molecule has 5 heterocycles. The van der Waals surface area contributed by atoms with Gasteiger partial charge in [-0.1, -0.05) is 0 Å². The minimum Gasteiger partial charge on any atom is -0.390 e. The maximum absolute atomic E-state index is 13.2. The maximum atomic E-state index is 13.2. The number of aliphatic hydroxyl groups is 1. The number of hydrogen-bond donors (Lipinski definition) is 1. The zero-order valence-corrected chi connectivity index (χ0v) is 14.3. The van der Waals surface area contributed by atoms with Crippen molar-refractivity contribution in [2.24, 2.45) is 11.8 Å². The lowest BCUT2D eigenvalue weighted by Gasteiger charge is -2.31. The van der Waals surface area contributed by atoms with Crippen LogP contribution in [0.5, 0.6) is 0 Å². The Hall–Kier alpha value is -2.25. The Bertz CT molecular complexity index is 953. The first-order valence-electron chi connectivity index (χ1n) is 8.47. The largest absolute Gasteiger partial charge is 0.390 e. The number of imide groups is 1. The van der Waals surface area contributed by atoms with E-state index in [-0.39, 0.29) is 11.8 Å². The molecule has 7 nitrogen and oxygen atoms in total. The Morgan fingerprint density at radius 3 is 2.72 bits per heavy atom. The number of nitrogens with zero attached hydrogens (tertiary/aromatic N) is 3. The topological polar surface area (TPSA) is 84.1 Å². The molecule has 0 radical (unpaired) electrons. The van der Waals surface area contributed by atoms with Gasteiger partial charge in [0.2, 0.25) is 11.8 Å². The Kier molecular flexibility index (Phi) is 2.58. The molecule has 3 aliphatic rings. The Morgan fingerprint density at radius 1 is 1.24 bits per heavy atom. The first-order chi connectivity index (χ1) is 11.8. The highest BCUT2D eigenvalue weighted by molar-refractivity contribution is 6.23. The Morgan fingerprint density at radius 2 is 1.96 bits per heavy atom. The van der Waals surface area contributed by atoms with Crippen LogP contribution in [0.4, 0.5) is 5.69 Å². The summed E-state index contributed by atoms with van der Waals surface area (Å²) >= 11 is 0. The average molecular weight is 341 g/mol. The van der Waals surface area contributed by atoms with Crippen molar-refractivity contribution in [3.8, 4) is 0 Å². The highest BCUT2D eigenvalue weighted by Gasteiger charge is 2.75. The standard InChI is InChI=1S/C18H19N3O4/c1-9-10(4-5-12-19-6-7-20(9)12)21-15(23)13-14(16(21)24)18(3)11(22)8-17(13,2)25-18/h4-7,11,13-14,22H,8H2,1-3H3/t11-,13+,14-,17?,18?/m1/s1. The van der Waals surface area contributed by atoms with Crippen molar-refractivity contribution in [3.05, 3.63) is 30.2 Å². The zero-order valence-electron chi connectivity index (χ0n) is 14.3. The molecule has 25 heavy (non-hydrogen) atoms. The fourth-order valence-corrected chi connectivity index (χ4v) is 5.11. The molecule has 2 bridgehead atoms. The first-order valence-corrected chi connectivity index (χ1v) is 8.47. The number of aryl methyl sites for hydroxylation is 1. The predicted molar refractivity (Wildman–Crippen MR) is 87.9 cm³/mol. The average Bonchev–Trinajstić information content (AvgIpc) is 3.22. The van der Waals surface area contributed by atoms with Gasteiger partial charge >= 0.3 is 0 Å². The van der Waals surface area contributed by atoms with E-state index in [1.807, 2.05) is 18.2 Å². The minimum atomic E-state index is -1.01. The van der Waals surface area contributed by atoms with Gasteiger partial charge in [0.15, 0.2) is 0 Å². The van der Waals surface area contributed by atoms with Gasteiger partial charge in [-0.2, -0.15) is 0 Å². The van der Waals surface area contributed by atoms with Crippen LogP contribution in [0.2, 0.25) is 0 Å². The molecule has 7 heteroatoms. The fourth-order valence-electron chi connectivity index (χ4n) is 5.11. The van der Waals surface area contributed by atoms with Crippen LogP contribution in [-0.4, -0.2) is 43.6 Å². The molecule has 5 atom stereocenters. The van der Waals surface area contributed by atoms with Crippen molar-refractivity contribution in [3.63, 3.8) is 0 Å². The highest BCUT2D eigenvalue weighted by atomic mass is 16.6. The third-order valence-corrected chi connectivity index (χ3v) is 6.33. The van der Waals surface area contributed by atoms with Crippen LogP contribution in [0.1, 0.15) is 26.0 Å². The number of hydrogen-bond acceptors (Lipinski definition) is 5. The molecule has 0 spiro atoms. The molecule has 0 aliphatic carbocycles. The Labute approximate surface area is 144 Å². The number of imidazole rings is 1. The third kappa shape index (κ3) is 1.56. The van der Waals surface area contributed by atoms with Crippen molar-refractivity contribution in [2.45, 2.75) is 44.5 Å². The lowest BCUT2D eigenvalue weighted by molar-refractivity contribution is -0.132. The summed E-state index contributed by atoms with van der Waals surface area (Å²) in [7, 11) is 0. The van der Waals surface area contributed by atoms with Crippen LogP contribution in [0.15, 0.2) is 24.5 Å². The van der Waals surface area contributed by atoms with Crippen LogP contribution in [-0.2, 0) is 14.3 Å². The Balaban J connectivity index is 1.66. The fraction of sp³-hybridized carbons (Fsp3) is 0.500. The summed E-state index contributed by atoms with van der Waals surface area (Å²) in [6, 6.07) is 3.55. The summed E-state index contributed by atoms with van der Waals surface area (Å²) in [4.78, 5) is 31.9. The van der Waals surface area contributed by atoms with E-state index in [1.165, 1.54) is 4.90 Å². The molecule has 0 aromatic carbocycles.